The molecule has 1 rings (SSSR count). The summed E-state index contributed by atoms with van der Waals surface area (Å²) in [5.41, 5.74) is 0. The van der Waals surface area contributed by atoms with E-state index in [1.165, 1.54) is 44.9 Å². The molecule has 0 spiro atoms. The van der Waals surface area contributed by atoms with Gasteiger partial charge < -0.3 is 0 Å². The molecule has 0 aromatic heterocycles. The van der Waals surface area contributed by atoms with Crippen LogP contribution in [0, 0.1) is 17.8 Å². The lowest BCUT2D eigenvalue weighted by molar-refractivity contribution is 0.0503. The molecule has 17 heavy (non-hydrogen) atoms. The monoisotopic (exact) mass is 234 g/mol. The van der Waals surface area contributed by atoms with Crippen LogP contribution in [0.15, 0.2) is 24.3 Å². The molecule has 1 fully saturated rings. The SMILES string of the molecule is C/C=C\CCC1CC(CC/C=C\C)C1CCC. The van der Waals surface area contributed by atoms with E-state index in [2.05, 4.69) is 45.1 Å². The van der Waals surface area contributed by atoms with Crippen LogP contribution in [0.2, 0.25) is 0 Å². The molecule has 2 unspecified atom stereocenters. The average molecular weight is 234 g/mol. The first-order chi connectivity index (χ1) is 8.33. The van der Waals surface area contributed by atoms with Crippen molar-refractivity contribution in [2.45, 2.75) is 65.7 Å². The molecule has 0 N–H and O–H groups in total. The lowest BCUT2D eigenvalue weighted by Gasteiger charge is -2.45. The first kappa shape index (κ1) is 14.5. The van der Waals surface area contributed by atoms with Gasteiger partial charge in [-0.25, -0.2) is 0 Å². The smallest absolute Gasteiger partial charge is 0.0348 e. The van der Waals surface area contributed by atoms with Gasteiger partial charge in [0.2, 0.25) is 0 Å². The van der Waals surface area contributed by atoms with Crippen LogP contribution in [0.1, 0.15) is 65.7 Å². The second kappa shape index (κ2) is 8.55. The van der Waals surface area contributed by atoms with E-state index in [1.54, 1.807) is 0 Å². The van der Waals surface area contributed by atoms with Crippen molar-refractivity contribution in [2.24, 2.45) is 17.8 Å². The molecule has 0 aliphatic heterocycles. The third kappa shape index (κ3) is 4.69. The van der Waals surface area contributed by atoms with Crippen molar-refractivity contribution in [2.75, 3.05) is 0 Å². The van der Waals surface area contributed by atoms with Gasteiger partial charge >= 0.3 is 0 Å². The van der Waals surface area contributed by atoms with Crippen LogP contribution in [0.25, 0.3) is 0 Å². The number of hydrogen-bond acceptors (Lipinski definition) is 0. The summed E-state index contributed by atoms with van der Waals surface area (Å²) in [6.45, 7) is 6.60. The summed E-state index contributed by atoms with van der Waals surface area (Å²) in [7, 11) is 0. The molecule has 98 valence electrons. The zero-order valence-electron chi connectivity index (χ0n) is 12.0. The summed E-state index contributed by atoms with van der Waals surface area (Å²) in [4.78, 5) is 0. The Morgan fingerprint density at radius 1 is 0.882 bits per heavy atom. The summed E-state index contributed by atoms with van der Waals surface area (Å²) in [6.07, 6.45) is 18.8. The Balaban J connectivity index is 2.28. The summed E-state index contributed by atoms with van der Waals surface area (Å²) in [5, 5.41) is 0. The van der Waals surface area contributed by atoms with Gasteiger partial charge in [0.25, 0.3) is 0 Å². The van der Waals surface area contributed by atoms with E-state index >= 15 is 0 Å². The van der Waals surface area contributed by atoms with Gasteiger partial charge in [-0.05, 0) is 63.7 Å². The van der Waals surface area contributed by atoms with E-state index in [4.69, 9.17) is 0 Å². The van der Waals surface area contributed by atoms with E-state index in [-0.39, 0.29) is 0 Å². The van der Waals surface area contributed by atoms with E-state index in [0.717, 1.165) is 17.8 Å². The Hall–Kier alpha value is -0.520. The summed E-state index contributed by atoms with van der Waals surface area (Å²) < 4.78 is 0. The minimum Gasteiger partial charge on any atom is -0.0917 e. The molecule has 0 amide bonds. The topological polar surface area (TPSA) is 0 Å². The van der Waals surface area contributed by atoms with Gasteiger partial charge in [0.15, 0.2) is 0 Å². The molecule has 0 aromatic rings. The number of allylic oxidation sites excluding steroid dienone is 4. The van der Waals surface area contributed by atoms with E-state index in [0.29, 0.717) is 0 Å². The van der Waals surface area contributed by atoms with Gasteiger partial charge in [-0.15, -0.1) is 0 Å². The fourth-order valence-electron chi connectivity index (χ4n) is 3.35. The molecule has 1 saturated carbocycles. The molecule has 1 aliphatic carbocycles. The largest absolute Gasteiger partial charge is 0.0917 e. The highest BCUT2D eigenvalue weighted by molar-refractivity contribution is 4.92. The highest BCUT2D eigenvalue weighted by atomic mass is 14.4. The normalized spacial score (nSPS) is 29.0. The number of rotatable bonds is 8. The predicted octanol–water partition coefficient (Wildman–Crippen LogP) is 5.75. The van der Waals surface area contributed by atoms with Crippen molar-refractivity contribution in [1.82, 2.24) is 0 Å². The Bertz CT molecular complexity index is 214. The van der Waals surface area contributed by atoms with E-state index < -0.39 is 0 Å². The fourth-order valence-corrected chi connectivity index (χ4v) is 3.35. The molecule has 0 aromatic carbocycles. The highest BCUT2D eigenvalue weighted by Crippen LogP contribution is 2.47. The average Bonchev–Trinajstić information content (AvgIpc) is 2.33. The lowest BCUT2D eigenvalue weighted by Crippen LogP contribution is -2.36. The second-order valence-corrected chi connectivity index (χ2v) is 5.50. The van der Waals surface area contributed by atoms with E-state index in [9.17, 15) is 0 Å². The lowest BCUT2D eigenvalue weighted by atomic mass is 9.60. The molecular weight excluding hydrogens is 204 g/mol. The first-order valence-electron chi connectivity index (χ1n) is 7.55. The van der Waals surface area contributed by atoms with Crippen molar-refractivity contribution >= 4 is 0 Å². The van der Waals surface area contributed by atoms with Crippen molar-refractivity contribution in [3.05, 3.63) is 24.3 Å². The molecule has 0 saturated heterocycles. The molecule has 0 heteroatoms. The van der Waals surface area contributed by atoms with Crippen LogP contribution in [-0.4, -0.2) is 0 Å². The maximum atomic E-state index is 2.34. The van der Waals surface area contributed by atoms with Crippen LogP contribution < -0.4 is 0 Å². The maximum absolute atomic E-state index is 2.34. The van der Waals surface area contributed by atoms with Gasteiger partial charge in [-0.1, -0.05) is 44.1 Å². The quantitative estimate of drug-likeness (QED) is 0.469. The minimum atomic E-state index is 1.03. The zero-order chi connectivity index (χ0) is 12.5. The molecule has 0 radical (unpaired) electrons. The molecular formula is C17H30. The predicted molar refractivity (Wildman–Crippen MR) is 78.1 cm³/mol. The van der Waals surface area contributed by atoms with Crippen LogP contribution in [0.3, 0.4) is 0 Å². The third-order valence-corrected chi connectivity index (χ3v) is 4.32. The van der Waals surface area contributed by atoms with Crippen molar-refractivity contribution < 1.29 is 0 Å². The van der Waals surface area contributed by atoms with Gasteiger partial charge in [-0.2, -0.15) is 0 Å². The summed E-state index contributed by atoms with van der Waals surface area (Å²) in [6, 6.07) is 0. The highest BCUT2D eigenvalue weighted by Gasteiger charge is 2.38. The second-order valence-electron chi connectivity index (χ2n) is 5.50. The molecule has 0 bridgehead atoms. The van der Waals surface area contributed by atoms with Crippen molar-refractivity contribution in [3.63, 3.8) is 0 Å². The van der Waals surface area contributed by atoms with Crippen LogP contribution in [0.5, 0.6) is 0 Å². The molecule has 0 heterocycles. The summed E-state index contributed by atoms with van der Waals surface area (Å²) in [5.74, 6) is 3.10. The Morgan fingerprint density at radius 3 is 1.82 bits per heavy atom. The number of hydrogen-bond donors (Lipinski definition) is 0. The zero-order valence-corrected chi connectivity index (χ0v) is 12.0. The van der Waals surface area contributed by atoms with Crippen molar-refractivity contribution in [3.8, 4) is 0 Å². The Kier molecular flexibility index (Phi) is 7.32. The van der Waals surface area contributed by atoms with Gasteiger partial charge in [-0.3, -0.25) is 0 Å². The van der Waals surface area contributed by atoms with Crippen LogP contribution >= 0.6 is 0 Å². The third-order valence-electron chi connectivity index (χ3n) is 4.32. The molecule has 2 atom stereocenters. The van der Waals surface area contributed by atoms with Gasteiger partial charge in [0.05, 0.1) is 0 Å². The van der Waals surface area contributed by atoms with Gasteiger partial charge in [0.1, 0.15) is 0 Å². The van der Waals surface area contributed by atoms with Gasteiger partial charge in [0, 0.05) is 0 Å². The first-order valence-corrected chi connectivity index (χ1v) is 7.55. The standard InChI is InChI=1S/C17H30/c1-4-7-9-12-15-14-16(13-10-8-5-2)17(15)11-6-3/h4-5,7-8,15-17H,6,9-14H2,1-3H3/b7-4-,8-5-. The van der Waals surface area contributed by atoms with Crippen LogP contribution in [-0.2, 0) is 0 Å². The molecule has 1 aliphatic rings. The Labute approximate surface area is 108 Å². The van der Waals surface area contributed by atoms with E-state index in [1.807, 2.05) is 0 Å². The molecule has 0 nitrogen and oxygen atoms in total. The summed E-state index contributed by atoms with van der Waals surface area (Å²) >= 11 is 0. The minimum absolute atomic E-state index is 1.03. The Morgan fingerprint density at radius 2 is 1.41 bits per heavy atom. The fraction of sp³-hybridized carbons (Fsp3) is 0.765. The maximum Gasteiger partial charge on any atom is -0.0348 e. The van der Waals surface area contributed by atoms with Crippen LogP contribution in [0.4, 0.5) is 0 Å². The van der Waals surface area contributed by atoms with Crippen molar-refractivity contribution in [1.29, 1.82) is 0 Å².